The number of azo groups is 1. The Hall–Kier alpha value is -2.96. The summed E-state index contributed by atoms with van der Waals surface area (Å²) in [5, 5.41) is 17.5. The zero-order chi connectivity index (χ0) is 17.7. The zero-order valence-corrected chi connectivity index (χ0v) is 12.6. The number of benzene rings is 2. The number of ketones is 1. The molecule has 0 spiro atoms. The molecule has 0 aliphatic rings. The molecule has 124 valence electrons. The number of carbonyl (C=O) groups excluding carboxylic acids is 1. The van der Waals surface area contributed by atoms with Crippen molar-refractivity contribution in [1.29, 1.82) is 0 Å². The van der Waals surface area contributed by atoms with Crippen molar-refractivity contribution in [3.63, 3.8) is 0 Å². The number of carbonyl (C=O) groups is 1. The highest BCUT2D eigenvalue weighted by atomic mass is 19.4. The Morgan fingerprint density at radius 3 is 2.08 bits per heavy atom. The molecule has 2 aromatic rings. The number of Topliss-reactive ketones (excluding diaryl/α,β-unsaturated/α-hetero) is 1. The lowest BCUT2D eigenvalue weighted by Crippen LogP contribution is -2.03. The molecule has 0 atom stereocenters. The number of allylic oxidation sites excluding steroid dienone is 1. The van der Waals surface area contributed by atoms with Gasteiger partial charge in [-0.15, -0.1) is 5.11 Å². The number of hydrogen-bond acceptors (Lipinski definition) is 4. The van der Waals surface area contributed by atoms with Gasteiger partial charge >= 0.3 is 6.18 Å². The van der Waals surface area contributed by atoms with E-state index in [1.807, 2.05) is 0 Å². The van der Waals surface area contributed by atoms with Crippen molar-refractivity contribution in [2.45, 2.75) is 13.1 Å². The fraction of sp³-hybridized carbons (Fsp3) is 0.118. The van der Waals surface area contributed by atoms with Crippen molar-refractivity contribution in [2.24, 2.45) is 10.2 Å². The fourth-order valence-electron chi connectivity index (χ4n) is 1.84. The Bertz CT molecular complexity index is 780. The molecule has 1 N–H and O–H groups in total. The van der Waals surface area contributed by atoms with Crippen molar-refractivity contribution in [3.8, 4) is 0 Å². The number of hydrogen-bond donors (Lipinski definition) is 1. The second kappa shape index (κ2) is 7.08. The van der Waals surface area contributed by atoms with E-state index < -0.39 is 17.5 Å². The highest BCUT2D eigenvalue weighted by Gasteiger charge is 2.29. The topological polar surface area (TPSA) is 62.0 Å². The van der Waals surface area contributed by atoms with Gasteiger partial charge in [0.05, 0.1) is 11.3 Å². The molecule has 0 aliphatic heterocycles. The van der Waals surface area contributed by atoms with Gasteiger partial charge in [-0.3, -0.25) is 4.79 Å². The van der Waals surface area contributed by atoms with E-state index in [1.54, 1.807) is 30.3 Å². The van der Waals surface area contributed by atoms with Crippen LogP contribution in [0, 0.1) is 0 Å². The van der Waals surface area contributed by atoms with Crippen LogP contribution in [0.1, 0.15) is 18.1 Å². The van der Waals surface area contributed by atoms with Crippen LogP contribution in [0.5, 0.6) is 0 Å². The van der Waals surface area contributed by atoms with Crippen molar-refractivity contribution in [3.05, 3.63) is 71.4 Å². The van der Waals surface area contributed by atoms with Gasteiger partial charge in [0.25, 0.3) is 0 Å². The molecule has 7 heteroatoms. The molecule has 0 amide bonds. The van der Waals surface area contributed by atoms with Crippen LogP contribution in [0.4, 0.5) is 18.9 Å². The second-order valence-corrected chi connectivity index (χ2v) is 4.86. The van der Waals surface area contributed by atoms with Gasteiger partial charge in [-0.1, -0.05) is 30.3 Å². The van der Waals surface area contributed by atoms with Crippen molar-refractivity contribution >= 4 is 17.2 Å². The number of aliphatic hydroxyl groups excluding tert-OH is 1. The highest BCUT2D eigenvalue weighted by molar-refractivity contribution is 5.99. The Kier molecular flexibility index (Phi) is 5.13. The largest absolute Gasteiger partial charge is 0.505 e. The van der Waals surface area contributed by atoms with Crippen LogP contribution in [-0.2, 0) is 11.0 Å². The molecule has 0 radical (unpaired) electrons. The number of halogens is 3. The van der Waals surface area contributed by atoms with Crippen molar-refractivity contribution in [2.75, 3.05) is 0 Å². The predicted octanol–water partition coefficient (Wildman–Crippen LogP) is 5.30. The summed E-state index contributed by atoms with van der Waals surface area (Å²) in [6.45, 7) is 1.21. The summed E-state index contributed by atoms with van der Waals surface area (Å²) >= 11 is 0. The molecule has 24 heavy (non-hydrogen) atoms. The molecular formula is C17H13F3N2O2. The van der Waals surface area contributed by atoms with E-state index in [0.29, 0.717) is 5.56 Å². The summed E-state index contributed by atoms with van der Waals surface area (Å²) < 4.78 is 37.5. The van der Waals surface area contributed by atoms with Crippen molar-refractivity contribution < 1.29 is 23.1 Å². The zero-order valence-electron chi connectivity index (χ0n) is 12.6. The maximum absolute atomic E-state index is 12.5. The smallest absolute Gasteiger partial charge is 0.416 e. The van der Waals surface area contributed by atoms with Crippen LogP contribution in [0.3, 0.4) is 0 Å². The fourth-order valence-corrected chi connectivity index (χ4v) is 1.84. The number of alkyl halides is 3. The number of rotatable bonds is 4. The van der Waals surface area contributed by atoms with Gasteiger partial charge in [-0.2, -0.15) is 18.3 Å². The van der Waals surface area contributed by atoms with Crippen LogP contribution in [-0.4, -0.2) is 10.9 Å². The van der Waals surface area contributed by atoms with Gasteiger partial charge < -0.3 is 5.11 Å². The Balaban J connectivity index is 2.31. The first-order valence-corrected chi connectivity index (χ1v) is 6.87. The quantitative estimate of drug-likeness (QED) is 0.468. The van der Waals surface area contributed by atoms with Gasteiger partial charge in [0.1, 0.15) is 0 Å². The van der Waals surface area contributed by atoms with Crippen molar-refractivity contribution in [1.82, 2.24) is 0 Å². The summed E-state index contributed by atoms with van der Waals surface area (Å²) in [5.41, 5.74) is -0.575. The predicted molar refractivity (Wildman–Crippen MR) is 82.6 cm³/mol. The molecule has 2 rings (SSSR count). The standard InChI is InChI=1S/C17H13F3N2O2/c1-11(23)15(16(24)12-5-3-2-4-6-12)22-21-14-9-7-13(8-10-14)17(18,19)20/h2-10,24H,1H3/b16-15-,22-21?. The Morgan fingerprint density at radius 1 is 1.00 bits per heavy atom. The van der Waals surface area contributed by atoms with E-state index in [4.69, 9.17) is 0 Å². The lowest BCUT2D eigenvalue weighted by atomic mass is 10.1. The summed E-state index contributed by atoms with van der Waals surface area (Å²) in [4.78, 5) is 11.6. The first-order chi connectivity index (χ1) is 11.3. The molecule has 2 aromatic carbocycles. The monoisotopic (exact) mass is 334 g/mol. The normalized spacial score (nSPS) is 13.0. The van der Waals surface area contributed by atoms with E-state index >= 15 is 0 Å². The summed E-state index contributed by atoms with van der Waals surface area (Å²) in [6, 6.07) is 12.3. The molecule has 0 aromatic heterocycles. The van der Waals surface area contributed by atoms with Crippen LogP contribution >= 0.6 is 0 Å². The third-order valence-electron chi connectivity index (χ3n) is 3.07. The lowest BCUT2D eigenvalue weighted by Gasteiger charge is -2.05. The minimum Gasteiger partial charge on any atom is -0.505 e. The molecule has 0 saturated carbocycles. The van der Waals surface area contributed by atoms with Crippen LogP contribution in [0.2, 0.25) is 0 Å². The van der Waals surface area contributed by atoms with Crippen LogP contribution < -0.4 is 0 Å². The third-order valence-corrected chi connectivity index (χ3v) is 3.07. The second-order valence-electron chi connectivity index (χ2n) is 4.86. The van der Waals surface area contributed by atoms with E-state index in [1.165, 1.54) is 6.92 Å². The van der Waals surface area contributed by atoms with Gasteiger partial charge in [0.15, 0.2) is 17.2 Å². The molecule has 0 unspecified atom stereocenters. The molecule has 4 nitrogen and oxygen atoms in total. The SMILES string of the molecule is CC(=O)/C(N=Nc1ccc(C(F)(F)F)cc1)=C(/O)c1ccccc1. The Morgan fingerprint density at radius 2 is 1.58 bits per heavy atom. The molecule has 0 bridgehead atoms. The molecular weight excluding hydrogens is 321 g/mol. The van der Waals surface area contributed by atoms with Crippen LogP contribution in [0.25, 0.3) is 5.76 Å². The number of nitrogens with zero attached hydrogens (tertiary/aromatic N) is 2. The van der Waals surface area contributed by atoms with E-state index in [2.05, 4.69) is 10.2 Å². The average Bonchev–Trinajstić information content (AvgIpc) is 2.55. The maximum atomic E-state index is 12.5. The first-order valence-electron chi connectivity index (χ1n) is 6.87. The molecule has 0 fully saturated rings. The van der Waals surface area contributed by atoms with Crippen LogP contribution in [0.15, 0.2) is 70.5 Å². The minimum absolute atomic E-state index is 0.127. The Labute approximate surface area is 136 Å². The summed E-state index contributed by atoms with van der Waals surface area (Å²) in [5.74, 6) is -0.870. The van der Waals surface area contributed by atoms with E-state index in [0.717, 1.165) is 24.3 Å². The van der Waals surface area contributed by atoms with Gasteiger partial charge in [0, 0.05) is 12.5 Å². The minimum atomic E-state index is -4.44. The number of aliphatic hydroxyl groups is 1. The average molecular weight is 334 g/mol. The molecule has 0 heterocycles. The van der Waals surface area contributed by atoms with E-state index in [9.17, 15) is 23.1 Å². The highest BCUT2D eigenvalue weighted by Crippen LogP contribution is 2.30. The summed E-state index contributed by atoms with van der Waals surface area (Å²) in [6.07, 6.45) is -4.44. The summed E-state index contributed by atoms with van der Waals surface area (Å²) in [7, 11) is 0. The molecule has 0 saturated heterocycles. The van der Waals surface area contributed by atoms with Gasteiger partial charge in [-0.05, 0) is 24.3 Å². The maximum Gasteiger partial charge on any atom is 0.416 e. The first kappa shape index (κ1) is 17.4. The van der Waals surface area contributed by atoms with E-state index in [-0.39, 0.29) is 17.1 Å². The third kappa shape index (κ3) is 4.28. The van der Waals surface area contributed by atoms with Gasteiger partial charge in [-0.25, -0.2) is 0 Å². The van der Waals surface area contributed by atoms with Gasteiger partial charge in [0.2, 0.25) is 0 Å². The molecule has 0 aliphatic carbocycles. The lowest BCUT2D eigenvalue weighted by molar-refractivity contribution is -0.137.